The van der Waals surface area contributed by atoms with Crippen LogP contribution >= 0.6 is 0 Å². The predicted octanol–water partition coefficient (Wildman–Crippen LogP) is 3.18. The van der Waals surface area contributed by atoms with E-state index in [0.29, 0.717) is 19.0 Å². The summed E-state index contributed by atoms with van der Waals surface area (Å²) in [6.07, 6.45) is 0.254. The molecule has 0 radical (unpaired) electrons. The molecule has 5 heteroatoms. The third-order valence-electron chi connectivity index (χ3n) is 3.66. The fraction of sp³-hybridized carbons (Fsp3) is 0.278. The van der Waals surface area contributed by atoms with Gasteiger partial charge in [-0.2, -0.15) is 0 Å². The van der Waals surface area contributed by atoms with Crippen LogP contribution in [0.25, 0.3) is 0 Å². The molecule has 0 fully saturated rings. The first kappa shape index (κ1) is 16.9. The van der Waals surface area contributed by atoms with E-state index in [2.05, 4.69) is 15.6 Å². The molecule has 0 amide bonds. The van der Waals surface area contributed by atoms with Crippen LogP contribution in [0.1, 0.15) is 16.7 Å². The average molecular weight is 317 g/mol. The van der Waals surface area contributed by atoms with Crippen LogP contribution in [0.3, 0.4) is 0 Å². The molecule has 122 valence electrons. The van der Waals surface area contributed by atoms with Gasteiger partial charge in [0.05, 0.1) is 0 Å². The highest BCUT2D eigenvalue weighted by Crippen LogP contribution is 2.12. The first-order chi connectivity index (χ1) is 11.1. The topological polar surface area (TPSA) is 36.4 Å². The summed E-state index contributed by atoms with van der Waals surface area (Å²) >= 11 is 0. The SMILES string of the molecule is CN=C(NCCc1c(F)cccc1F)NCc1ccccc1C. The van der Waals surface area contributed by atoms with E-state index in [1.165, 1.54) is 29.3 Å². The van der Waals surface area contributed by atoms with Crippen LogP contribution in [0.2, 0.25) is 0 Å². The predicted molar refractivity (Wildman–Crippen MR) is 89.4 cm³/mol. The lowest BCUT2D eigenvalue weighted by Crippen LogP contribution is -2.38. The largest absolute Gasteiger partial charge is 0.356 e. The van der Waals surface area contributed by atoms with Crippen molar-refractivity contribution in [1.29, 1.82) is 0 Å². The van der Waals surface area contributed by atoms with Crippen molar-refractivity contribution in [3.05, 3.63) is 70.8 Å². The average Bonchev–Trinajstić information content (AvgIpc) is 2.54. The Bertz CT molecular complexity index is 663. The van der Waals surface area contributed by atoms with E-state index in [9.17, 15) is 8.78 Å². The van der Waals surface area contributed by atoms with Gasteiger partial charge in [-0.3, -0.25) is 4.99 Å². The number of rotatable bonds is 5. The quantitative estimate of drug-likeness (QED) is 0.656. The van der Waals surface area contributed by atoms with Crippen LogP contribution in [-0.2, 0) is 13.0 Å². The normalized spacial score (nSPS) is 11.4. The Morgan fingerprint density at radius 1 is 1.00 bits per heavy atom. The Morgan fingerprint density at radius 3 is 2.35 bits per heavy atom. The van der Waals surface area contributed by atoms with Gasteiger partial charge in [-0.15, -0.1) is 0 Å². The van der Waals surface area contributed by atoms with Gasteiger partial charge in [0, 0.05) is 25.7 Å². The Kier molecular flexibility index (Phi) is 6.09. The molecule has 0 saturated carbocycles. The zero-order valence-corrected chi connectivity index (χ0v) is 13.4. The van der Waals surface area contributed by atoms with Crippen molar-refractivity contribution >= 4 is 5.96 Å². The number of benzene rings is 2. The molecule has 0 spiro atoms. The summed E-state index contributed by atoms with van der Waals surface area (Å²) in [5, 5.41) is 6.26. The van der Waals surface area contributed by atoms with Gasteiger partial charge in [0.15, 0.2) is 5.96 Å². The van der Waals surface area contributed by atoms with E-state index in [4.69, 9.17) is 0 Å². The lowest BCUT2D eigenvalue weighted by molar-refractivity contribution is 0.553. The Labute approximate surface area is 135 Å². The molecule has 2 aromatic carbocycles. The zero-order valence-electron chi connectivity index (χ0n) is 13.4. The number of hydrogen-bond acceptors (Lipinski definition) is 1. The highest BCUT2D eigenvalue weighted by Gasteiger charge is 2.08. The van der Waals surface area contributed by atoms with E-state index in [1.54, 1.807) is 7.05 Å². The van der Waals surface area contributed by atoms with Gasteiger partial charge < -0.3 is 10.6 Å². The molecule has 0 heterocycles. The summed E-state index contributed by atoms with van der Waals surface area (Å²) < 4.78 is 27.1. The lowest BCUT2D eigenvalue weighted by Gasteiger charge is -2.13. The maximum absolute atomic E-state index is 13.6. The van der Waals surface area contributed by atoms with Crippen LogP contribution in [0.15, 0.2) is 47.5 Å². The molecule has 3 nitrogen and oxygen atoms in total. The fourth-order valence-electron chi connectivity index (χ4n) is 2.29. The van der Waals surface area contributed by atoms with E-state index >= 15 is 0 Å². The van der Waals surface area contributed by atoms with Crippen molar-refractivity contribution in [2.75, 3.05) is 13.6 Å². The minimum absolute atomic E-state index is 0.0920. The zero-order chi connectivity index (χ0) is 16.7. The monoisotopic (exact) mass is 317 g/mol. The van der Waals surface area contributed by atoms with Crippen molar-refractivity contribution in [2.24, 2.45) is 4.99 Å². The molecule has 2 N–H and O–H groups in total. The van der Waals surface area contributed by atoms with E-state index < -0.39 is 11.6 Å². The number of halogens is 2. The molecular weight excluding hydrogens is 296 g/mol. The molecule has 0 bridgehead atoms. The highest BCUT2D eigenvalue weighted by molar-refractivity contribution is 5.79. The molecule has 0 aliphatic heterocycles. The van der Waals surface area contributed by atoms with Crippen LogP contribution < -0.4 is 10.6 Å². The third-order valence-corrected chi connectivity index (χ3v) is 3.66. The second-order valence-electron chi connectivity index (χ2n) is 5.23. The summed E-state index contributed by atoms with van der Waals surface area (Å²) in [4.78, 5) is 4.12. The standard InChI is InChI=1S/C18H21F2N3/c1-13-6-3-4-7-14(13)12-23-18(21-2)22-11-10-15-16(19)8-5-9-17(15)20/h3-9H,10-12H2,1-2H3,(H2,21,22,23). The van der Waals surface area contributed by atoms with Gasteiger partial charge in [0.25, 0.3) is 0 Å². The molecule has 0 aromatic heterocycles. The van der Waals surface area contributed by atoms with Crippen LogP contribution in [0, 0.1) is 18.6 Å². The van der Waals surface area contributed by atoms with Crippen molar-refractivity contribution in [2.45, 2.75) is 19.9 Å². The number of nitrogens with one attached hydrogen (secondary N) is 2. The van der Waals surface area contributed by atoms with Crippen LogP contribution in [0.5, 0.6) is 0 Å². The van der Waals surface area contributed by atoms with Crippen molar-refractivity contribution in [3.8, 4) is 0 Å². The summed E-state index contributed by atoms with van der Waals surface area (Å²) in [5.41, 5.74) is 2.47. The second kappa shape index (κ2) is 8.27. The molecule has 0 aliphatic rings. The second-order valence-corrected chi connectivity index (χ2v) is 5.23. The minimum atomic E-state index is -0.519. The first-order valence-electron chi connectivity index (χ1n) is 7.53. The van der Waals surface area contributed by atoms with Crippen molar-refractivity contribution < 1.29 is 8.78 Å². The van der Waals surface area contributed by atoms with Gasteiger partial charge >= 0.3 is 0 Å². The Hall–Kier alpha value is -2.43. The minimum Gasteiger partial charge on any atom is -0.356 e. The van der Waals surface area contributed by atoms with E-state index in [-0.39, 0.29) is 12.0 Å². The smallest absolute Gasteiger partial charge is 0.191 e. The summed E-state index contributed by atoms with van der Waals surface area (Å²) in [6.45, 7) is 3.08. The first-order valence-corrected chi connectivity index (χ1v) is 7.53. The molecule has 0 unspecified atom stereocenters. The van der Waals surface area contributed by atoms with Gasteiger partial charge in [0.1, 0.15) is 11.6 Å². The lowest BCUT2D eigenvalue weighted by atomic mass is 10.1. The Morgan fingerprint density at radius 2 is 1.70 bits per heavy atom. The maximum atomic E-state index is 13.6. The molecule has 0 atom stereocenters. The van der Waals surface area contributed by atoms with Gasteiger partial charge in [0.2, 0.25) is 0 Å². The number of hydrogen-bond donors (Lipinski definition) is 2. The molecule has 0 aliphatic carbocycles. The van der Waals surface area contributed by atoms with Gasteiger partial charge in [-0.05, 0) is 36.6 Å². The van der Waals surface area contributed by atoms with Crippen molar-refractivity contribution in [3.63, 3.8) is 0 Å². The Balaban J connectivity index is 1.85. The van der Waals surface area contributed by atoms with E-state index in [0.717, 1.165) is 0 Å². The van der Waals surface area contributed by atoms with Gasteiger partial charge in [-0.1, -0.05) is 30.3 Å². The summed E-state index contributed by atoms with van der Waals surface area (Å²) in [7, 11) is 1.66. The fourth-order valence-corrected chi connectivity index (χ4v) is 2.29. The molecule has 2 rings (SSSR count). The van der Waals surface area contributed by atoms with Crippen LogP contribution in [0.4, 0.5) is 8.78 Å². The maximum Gasteiger partial charge on any atom is 0.191 e. The van der Waals surface area contributed by atoms with Crippen molar-refractivity contribution in [1.82, 2.24) is 10.6 Å². The number of nitrogens with zero attached hydrogens (tertiary/aromatic N) is 1. The molecule has 23 heavy (non-hydrogen) atoms. The van der Waals surface area contributed by atoms with Gasteiger partial charge in [-0.25, -0.2) is 8.78 Å². The highest BCUT2D eigenvalue weighted by atomic mass is 19.1. The number of guanidine groups is 1. The number of aryl methyl sites for hydroxylation is 1. The number of aliphatic imine (C=N–C) groups is 1. The molecular formula is C18H21F2N3. The summed E-state index contributed by atoms with van der Waals surface area (Å²) in [6, 6.07) is 12.0. The van der Waals surface area contributed by atoms with Crippen LogP contribution in [-0.4, -0.2) is 19.6 Å². The third kappa shape index (κ3) is 4.77. The summed E-state index contributed by atoms with van der Waals surface area (Å²) in [5.74, 6) is -0.436. The van der Waals surface area contributed by atoms with E-state index in [1.807, 2.05) is 31.2 Å². The molecule has 0 saturated heterocycles. The molecule has 2 aromatic rings.